The van der Waals surface area contributed by atoms with Gasteiger partial charge in [-0.1, -0.05) is 35.9 Å². The maximum Gasteiger partial charge on any atom is 0.285 e. The highest BCUT2D eigenvalue weighted by Crippen LogP contribution is 2.33. The summed E-state index contributed by atoms with van der Waals surface area (Å²) in [5.41, 5.74) is 4.84. The summed E-state index contributed by atoms with van der Waals surface area (Å²) >= 11 is 1.17. The zero-order valence-corrected chi connectivity index (χ0v) is 16.3. The Kier molecular flexibility index (Phi) is 5.31. The van der Waals surface area contributed by atoms with Crippen LogP contribution in [0.4, 0.5) is 5.69 Å². The third kappa shape index (κ3) is 4.30. The molecule has 0 bridgehead atoms. The van der Waals surface area contributed by atoms with Gasteiger partial charge < -0.3 is 4.42 Å². The normalized spacial score (nSPS) is 16.6. The predicted molar refractivity (Wildman–Crippen MR) is 113 cm³/mol. The van der Waals surface area contributed by atoms with Crippen LogP contribution in [-0.2, 0) is 4.79 Å². The molecule has 1 aliphatic rings. The van der Waals surface area contributed by atoms with Crippen LogP contribution in [0.2, 0.25) is 0 Å². The van der Waals surface area contributed by atoms with Crippen molar-refractivity contribution in [3.05, 3.63) is 94.8 Å². The second-order valence-electron chi connectivity index (χ2n) is 6.30. The summed E-state index contributed by atoms with van der Waals surface area (Å²) in [6, 6.07) is 19.9. The van der Waals surface area contributed by atoms with Crippen molar-refractivity contribution in [3.8, 4) is 0 Å². The van der Waals surface area contributed by atoms with Gasteiger partial charge in [-0.3, -0.25) is 15.0 Å². The van der Waals surface area contributed by atoms with E-state index in [1.807, 2.05) is 49.4 Å². The van der Waals surface area contributed by atoms with Crippen molar-refractivity contribution in [2.45, 2.75) is 6.92 Å². The van der Waals surface area contributed by atoms with E-state index >= 15 is 0 Å². The zero-order valence-electron chi connectivity index (χ0n) is 15.5. The molecular weight excluding hydrogens is 386 g/mol. The minimum atomic E-state index is -0.390. The Morgan fingerprint density at radius 2 is 1.83 bits per heavy atom. The average molecular weight is 403 g/mol. The summed E-state index contributed by atoms with van der Waals surface area (Å²) < 4.78 is 5.31. The maximum atomic E-state index is 13.0. The number of nitrogens with zero attached hydrogens (tertiary/aromatic N) is 2. The molecule has 7 heteroatoms. The summed E-state index contributed by atoms with van der Waals surface area (Å²) in [6.07, 6.45) is 3.16. The molecule has 0 saturated carbocycles. The first-order chi connectivity index (χ1) is 14.1. The van der Waals surface area contributed by atoms with Gasteiger partial charge in [0, 0.05) is 11.6 Å². The highest BCUT2D eigenvalue weighted by molar-refractivity contribution is 8.18. The molecule has 0 aliphatic carbocycles. The van der Waals surface area contributed by atoms with Gasteiger partial charge in [0.05, 0.1) is 16.9 Å². The molecule has 6 nitrogen and oxygen atoms in total. The van der Waals surface area contributed by atoms with Gasteiger partial charge in [0.25, 0.3) is 11.8 Å². The number of thioether (sulfide) groups is 1. The number of amides is 2. The van der Waals surface area contributed by atoms with E-state index in [-0.39, 0.29) is 11.8 Å². The number of nitrogens with one attached hydrogen (secondary N) is 1. The van der Waals surface area contributed by atoms with Gasteiger partial charge in [-0.15, -0.1) is 0 Å². The van der Waals surface area contributed by atoms with Crippen LogP contribution in [0.15, 0.2) is 87.3 Å². The molecule has 4 rings (SSSR count). The summed E-state index contributed by atoms with van der Waals surface area (Å²) in [6.45, 7) is 1.94. The SMILES string of the molecule is Cc1ccc(C(=O)NN2C(=O)C(=Cc3ccco3)SC2=Nc2ccccc2)cc1. The fraction of sp³-hybridized carbons (Fsp3) is 0.0455. The first kappa shape index (κ1) is 18.8. The fourth-order valence-corrected chi connectivity index (χ4v) is 3.56. The molecule has 0 radical (unpaired) electrons. The number of aryl methyl sites for hydroxylation is 1. The van der Waals surface area contributed by atoms with E-state index in [1.54, 1.807) is 30.3 Å². The molecule has 1 aromatic heterocycles. The second-order valence-corrected chi connectivity index (χ2v) is 7.31. The predicted octanol–water partition coefficient (Wildman–Crippen LogP) is 4.54. The molecule has 29 heavy (non-hydrogen) atoms. The number of benzene rings is 2. The van der Waals surface area contributed by atoms with Crippen LogP contribution in [0.25, 0.3) is 6.08 Å². The first-order valence-corrected chi connectivity index (χ1v) is 9.71. The van der Waals surface area contributed by atoms with E-state index in [9.17, 15) is 9.59 Å². The molecule has 1 aliphatic heterocycles. The summed E-state index contributed by atoms with van der Waals surface area (Å²) in [4.78, 5) is 30.6. The lowest BCUT2D eigenvalue weighted by Gasteiger charge is -2.16. The Hall–Kier alpha value is -3.58. The highest BCUT2D eigenvalue weighted by Gasteiger charge is 2.35. The van der Waals surface area contributed by atoms with Crippen LogP contribution in [-0.4, -0.2) is 22.0 Å². The number of carbonyl (C=O) groups excluding carboxylic acids is 2. The van der Waals surface area contributed by atoms with Gasteiger partial charge >= 0.3 is 0 Å². The molecule has 2 aromatic carbocycles. The minimum absolute atomic E-state index is 0.361. The van der Waals surface area contributed by atoms with E-state index in [0.717, 1.165) is 5.56 Å². The van der Waals surface area contributed by atoms with E-state index < -0.39 is 0 Å². The number of amidine groups is 1. The molecule has 3 aromatic rings. The van der Waals surface area contributed by atoms with Crippen LogP contribution >= 0.6 is 11.8 Å². The van der Waals surface area contributed by atoms with Gasteiger partial charge in [-0.25, -0.2) is 4.99 Å². The number of furan rings is 1. The molecular formula is C22H17N3O3S. The van der Waals surface area contributed by atoms with Crippen molar-refractivity contribution in [2.24, 2.45) is 4.99 Å². The average Bonchev–Trinajstić information content (AvgIpc) is 3.33. The van der Waals surface area contributed by atoms with Crippen LogP contribution in [0.5, 0.6) is 0 Å². The third-order valence-corrected chi connectivity index (χ3v) is 5.10. The standard InChI is InChI=1S/C22H17N3O3S/c1-15-9-11-16(12-10-15)20(26)24-25-21(27)19(14-18-8-5-13-28-18)29-22(25)23-17-6-3-2-4-7-17/h2-14H,1H3,(H,24,26). The van der Waals surface area contributed by atoms with Crippen molar-refractivity contribution < 1.29 is 14.0 Å². The number of rotatable bonds is 4. The van der Waals surface area contributed by atoms with E-state index in [0.29, 0.717) is 27.1 Å². The van der Waals surface area contributed by atoms with Crippen molar-refractivity contribution in [2.75, 3.05) is 0 Å². The van der Waals surface area contributed by atoms with Crippen LogP contribution in [0, 0.1) is 6.92 Å². The van der Waals surface area contributed by atoms with Crippen LogP contribution in [0.1, 0.15) is 21.7 Å². The molecule has 1 N–H and O–H groups in total. The van der Waals surface area contributed by atoms with Crippen molar-refractivity contribution in [3.63, 3.8) is 0 Å². The lowest BCUT2D eigenvalue weighted by molar-refractivity contribution is -0.123. The molecule has 0 atom stereocenters. The Labute approximate surface area is 171 Å². The van der Waals surface area contributed by atoms with Gasteiger partial charge in [-0.2, -0.15) is 5.01 Å². The minimum Gasteiger partial charge on any atom is -0.465 e. The Morgan fingerprint density at radius 3 is 2.52 bits per heavy atom. The summed E-state index contributed by atoms with van der Waals surface area (Å²) in [7, 11) is 0. The van der Waals surface area contributed by atoms with Crippen molar-refractivity contribution in [1.82, 2.24) is 10.4 Å². The Morgan fingerprint density at radius 1 is 1.07 bits per heavy atom. The largest absolute Gasteiger partial charge is 0.465 e. The fourth-order valence-electron chi connectivity index (χ4n) is 2.63. The van der Waals surface area contributed by atoms with Gasteiger partial charge in [0.1, 0.15) is 5.76 Å². The second kappa shape index (κ2) is 8.20. The molecule has 0 unspecified atom stereocenters. The topological polar surface area (TPSA) is 74.9 Å². The smallest absolute Gasteiger partial charge is 0.285 e. The van der Waals surface area contributed by atoms with Gasteiger partial charge in [0.15, 0.2) is 5.17 Å². The first-order valence-electron chi connectivity index (χ1n) is 8.89. The quantitative estimate of drug-likeness (QED) is 0.649. The van der Waals surface area contributed by atoms with Crippen LogP contribution < -0.4 is 5.43 Å². The van der Waals surface area contributed by atoms with Crippen LogP contribution in [0.3, 0.4) is 0 Å². The molecule has 1 saturated heterocycles. The number of para-hydroxylation sites is 1. The maximum absolute atomic E-state index is 13.0. The Bertz CT molecular complexity index is 1090. The molecule has 0 spiro atoms. The van der Waals surface area contributed by atoms with Gasteiger partial charge in [-0.05, 0) is 55.1 Å². The number of carbonyl (C=O) groups is 2. The summed E-state index contributed by atoms with van der Waals surface area (Å²) in [5.74, 6) is -0.216. The number of hydrazine groups is 1. The molecule has 2 heterocycles. The van der Waals surface area contributed by atoms with Crippen molar-refractivity contribution in [1.29, 1.82) is 0 Å². The van der Waals surface area contributed by atoms with E-state index in [2.05, 4.69) is 10.4 Å². The number of hydrogen-bond acceptors (Lipinski definition) is 5. The third-order valence-electron chi connectivity index (χ3n) is 4.13. The lowest BCUT2D eigenvalue weighted by Crippen LogP contribution is -2.45. The molecule has 1 fully saturated rings. The molecule has 144 valence electrons. The van der Waals surface area contributed by atoms with E-state index in [1.165, 1.54) is 23.0 Å². The van der Waals surface area contributed by atoms with Gasteiger partial charge in [0.2, 0.25) is 0 Å². The monoisotopic (exact) mass is 403 g/mol. The van der Waals surface area contributed by atoms with Crippen molar-refractivity contribution >= 4 is 40.5 Å². The highest BCUT2D eigenvalue weighted by atomic mass is 32.2. The van der Waals surface area contributed by atoms with E-state index in [4.69, 9.17) is 4.42 Å². The number of aliphatic imine (C=N–C) groups is 1. The number of hydrogen-bond donors (Lipinski definition) is 1. The summed E-state index contributed by atoms with van der Waals surface area (Å²) in [5, 5.41) is 1.54. The molecule has 2 amide bonds. The zero-order chi connectivity index (χ0) is 20.2. The Balaban J connectivity index is 1.65. The lowest BCUT2D eigenvalue weighted by atomic mass is 10.1.